The molecule has 0 spiro atoms. The van der Waals surface area contributed by atoms with Crippen LogP contribution in [0.4, 0.5) is 0 Å². The molecule has 2 rings (SSSR count). The zero-order valence-corrected chi connectivity index (χ0v) is 7.38. The van der Waals surface area contributed by atoms with Crippen molar-refractivity contribution in [3.63, 3.8) is 0 Å². The van der Waals surface area contributed by atoms with E-state index in [-0.39, 0.29) is 0 Å². The maximum atomic E-state index is 5.95. The molecule has 0 aliphatic rings. The Labute approximate surface area is 74.4 Å². The van der Waals surface area contributed by atoms with Gasteiger partial charge in [0.05, 0.1) is 0 Å². The Morgan fingerprint density at radius 2 is 2.18 bits per heavy atom. The van der Waals surface area contributed by atoms with Crippen molar-refractivity contribution in [3.05, 3.63) is 41.1 Å². The summed E-state index contributed by atoms with van der Waals surface area (Å²) in [4.78, 5) is 1.06. The quantitative estimate of drug-likeness (QED) is 0.581. The molecular weight excluding hydrogens is 176 g/mol. The Balaban J connectivity index is 2.90. The second-order valence-electron chi connectivity index (χ2n) is 2.36. The van der Waals surface area contributed by atoms with Crippen molar-refractivity contribution < 1.29 is 0 Å². The highest BCUT2D eigenvalue weighted by molar-refractivity contribution is 7.19. The van der Waals surface area contributed by atoms with Crippen molar-refractivity contribution in [1.29, 1.82) is 0 Å². The number of halogens is 1. The molecule has 0 aliphatic carbocycles. The zero-order chi connectivity index (χ0) is 7.84. The van der Waals surface area contributed by atoms with Crippen LogP contribution in [0.1, 0.15) is 4.88 Å². The molecule has 2 heteroatoms. The van der Waals surface area contributed by atoms with Crippen molar-refractivity contribution in [3.8, 4) is 0 Å². The van der Waals surface area contributed by atoms with Gasteiger partial charge in [-0.2, -0.15) is 0 Å². The monoisotopic (exact) mass is 181 g/mol. The molecule has 55 valence electrons. The number of thiophene rings is 1. The van der Waals surface area contributed by atoms with Gasteiger partial charge in [-0.25, -0.2) is 0 Å². The average Bonchev–Trinajstić information content (AvgIpc) is 2.31. The number of hydrogen-bond donors (Lipinski definition) is 0. The van der Waals surface area contributed by atoms with Gasteiger partial charge in [-0.15, -0.1) is 11.3 Å². The molecule has 2 aromatic rings. The standard InChI is InChI=1S/C9H6ClS/c1-6-5-7-8(10)3-2-4-9(7)11-6/h2-5H,1H2. The average molecular weight is 182 g/mol. The summed E-state index contributed by atoms with van der Waals surface area (Å²) in [6, 6.07) is 7.93. The fourth-order valence-corrected chi connectivity index (χ4v) is 2.25. The third kappa shape index (κ3) is 1.15. The molecule has 1 aromatic carbocycles. The van der Waals surface area contributed by atoms with Crippen molar-refractivity contribution in [2.24, 2.45) is 0 Å². The molecule has 1 radical (unpaired) electrons. The van der Waals surface area contributed by atoms with Crippen LogP contribution in [0.15, 0.2) is 24.3 Å². The lowest BCUT2D eigenvalue weighted by atomic mass is 10.2. The predicted octanol–water partition coefficient (Wildman–Crippen LogP) is 3.74. The van der Waals surface area contributed by atoms with Crippen LogP contribution >= 0.6 is 22.9 Å². The Morgan fingerprint density at radius 3 is 2.91 bits per heavy atom. The second kappa shape index (κ2) is 2.50. The topological polar surface area (TPSA) is 0 Å². The van der Waals surface area contributed by atoms with Gasteiger partial charge in [0.1, 0.15) is 0 Å². The largest absolute Gasteiger partial charge is 0.140 e. The summed E-state index contributed by atoms with van der Waals surface area (Å²) < 4.78 is 1.21. The number of benzene rings is 1. The van der Waals surface area contributed by atoms with E-state index in [2.05, 4.69) is 13.0 Å². The molecule has 0 unspecified atom stereocenters. The third-order valence-electron chi connectivity index (χ3n) is 1.56. The van der Waals surface area contributed by atoms with Crippen LogP contribution in [-0.4, -0.2) is 0 Å². The van der Waals surface area contributed by atoms with Gasteiger partial charge in [-0.05, 0) is 25.1 Å². The van der Waals surface area contributed by atoms with E-state index < -0.39 is 0 Å². The van der Waals surface area contributed by atoms with E-state index in [1.54, 1.807) is 11.3 Å². The SMILES string of the molecule is [CH2]c1cc2c(Cl)cccc2s1. The predicted molar refractivity (Wildman–Crippen MR) is 51.3 cm³/mol. The Bertz CT molecular complexity index is 389. The summed E-state index contributed by atoms with van der Waals surface area (Å²) in [5, 5.41) is 1.93. The van der Waals surface area contributed by atoms with E-state index in [1.807, 2.05) is 18.2 Å². The molecule has 0 amide bonds. The first-order chi connectivity index (χ1) is 5.27. The second-order valence-corrected chi connectivity index (χ2v) is 3.94. The van der Waals surface area contributed by atoms with Gasteiger partial charge in [0.25, 0.3) is 0 Å². The molecule has 0 saturated carbocycles. The Hall–Kier alpha value is -0.530. The highest BCUT2D eigenvalue weighted by Gasteiger charge is 2.00. The third-order valence-corrected chi connectivity index (χ3v) is 2.84. The van der Waals surface area contributed by atoms with Gasteiger partial charge in [0, 0.05) is 20.0 Å². The molecule has 0 N–H and O–H groups in total. The summed E-state index contributed by atoms with van der Waals surface area (Å²) in [6.45, 7) is 3.86. The van der Waals surface area contributed by atoms with Crippen LogP contribution in [0.25, 0.3) is 10.1 Å². The Morgan fingerprint density at radius 1 is 1.36 bits per heavy atom. The maximum absolute atomic E-state index is 5.95. The van der Waals surface area contributed by atoms with Crippen molar-refractivity contribution in [1.82, 2.24) is 0 Å². The van der Waals surface area contributed by atoms with Crippen LogP contribution in [-0.2, 0) is 0 Å². The normalized spacial score (nSPS) is 10.7. The highest BCUT2D eigenvalue weighted by Crippen LogP contribution is 2.30. The molecule has 1 heterocycles. The van der Waals surface area contributed by atoms with Crippen LogP contribution in [0.3, 0.4) is 0 Å². The minimum absolute atomic E-state index is 0.814. The minimum Gasteiger partial charge on any atom is -0.140 e. The minimum atomic E-state index is 0.814. The maximum Gasteiger partial charge on any atom is 0.0492 e. The van der Waals surface area contributed by atoms with Gasteiger partial charge < -0.3 is 0 Å². The summed E-state index contributed by atoms with van der Waals surface area (Å²) in [6.07, 6.45) is 0. The van der Waals surface area contributed by atoms with Crippen molar-refractivity contribution >= 4 is 33.0 Å². The molecule has 0 atom stereocenters. The summed E-state index contributed by atoms with van der Waals surface area (Å²) in [5.74, 6) is 0. The van der Waals surface area contributed by atoms with E-state index >= 15 is 0 Å². The molecule has 1 aromatic heterocycles. The van der Waals surface area contributed by atoms with Crippen molar-refractivity contribution in [2.75, 3.05) is 0 Å². The van der Waals surface area contributed by atoms with E-state index in [1.165, 1.54) is 4.70 Å². The number of fused-ring (bicyclic) bond motifs is 1. The lowest BCUT2D eigenvalue weighted by Gasteiger charge is -1.89. The van der Waals surface area contributed by atoms with Gasteiger partial charge in [-0.3, -0.25) is 0 Å². The highest BCUT2D eigenvalue weighted by atomic mass is 35.5. The Kier molecular flexibility index (Phi) is 1.63. The first kappa shape index (κ1) is 7.14. The molecule has 0 nitrogen and oxygen atoms in total. The lowest BCUT2D eigenvalue weighted by molar-refractivity contribution is 1.83. The molecule has 0 aliphatic heterocycles. The molecule has 0 fully saturated rings. The van der Waals surface area contributed by atoms with Crippen LogP contribution in [0, 0.1) is 6.92 Å². The molecule has 0 saturated heterocycles. The van der Waals surface area contributed by atoms with Gasteiger partial charge in [-0.1, -0.05) is 17.7 Å². The fourth-order valence-electron chi connectivity index (χ4n) is 1.08. The van der Waals surface area contributed by atoms with Crippen LogP contribution in [0.5, 0.6) is 0 Å². The van der Waals surface area contributed by atoms with Gasteiger partial charge in [0.15, 0.2) is 0 Å². The first-order valence-electron chi connectivity index (χ1n) is 3.27. The first-order valence-corrected chi connectivity index (χ1v) is 4.47. The lowest BCUT2D eigenvalue weighted by Crippen LogP contribution is -1.62. The molecule has 0 bridgehead atoms. The molecule has 11 heavy (non-hydrogen) atoms. The van der Waals surface area contributed by atoms with Crippen LogP contribution in [0.2, 0.25) is 5.02 Å². The van der Waals surface area contributed by atoms with Crippen molar-refractivity contribution in [2.45, 2.75) is 0 Å². The fraction of sp³-hybridized carbons (Fsp3) is 0. The number of hydrogen-bond acceptors (Lipinski definition) is 1. The van der Waals surface area contributed by atoms with E-state index in [4.69, 9.17) is 11.6 Å². The van der Waals surface area contributed by atoms with E-state index in [0.717, 1.165) is 15.3 Å². The summed E-state index contributed by atoms with van der Waals surface area (Å²) in [5.41, 5.74) is 0. The molecular formula is C9H6ClS. The van der Waals surface area contributed by atoms with E-state index in [9.17, 15) is 0 Å². The van der Waals surface area contributed by atoms with E-state index in [0.29, 0.717) is 0 Å². The summed E-state index contributed by atoms with van der Waals surface area (Å²) in [7, 11) is 0. The number of rotatable bonds is 0. The van der Waals surface area contributed by atoms with Crippen LogP contribution < -0.4 is 0 Å². The smallest absolute Gasteiger partial charge is 0.0492 e. The summed E-state index contributed by atoms with van der Waals surface area (Å²) >= 11 is 7.62. The van der Waals surface area contributed by atoms with Gasteiger partial charge >= 0.3 is 0 Å². The van der Waals surface area contributed by atoms with Gasteiger partial charge in [0.2, 0.25) is 0 Å². The zero-order valence-electron chi connectivity index (χ0n) is 5.80.